The molecule has 0 aliphatic carbocycles. The fourth-order valence-electron chi connectivity index (χ4n) is 1.15. The lowest BCUT2D eigenvalue weighted by atomic mass is 10.1. The number of hydrogen-bond acceptors (Lipinski definition) is 3. The minimum atomic E-state index is -0.395. The normalized spacial score (nSPS) is 14.7. The number of rotatable bonds is 1. The van der Waals surface area contributed by atoms with Crippen molar-refractivity contribution in [1.29, 1.82) is 5.26 Å². The van der Waals surface area contributed by atoms with Crippen molar-refractivity contribution in [2.75, 3.05) is 0 Å². The van der Waals surface area contributed by atoms with Gasteiger partial charge in [-0.25, -0.2) is 0 Å². The van der Waals surface area contributed by atoms with Crippen LogP contribution in [0, 0.1) is 11.3 Å². The van der Waals surface area contributed by atoms with Crippen molar-refractivity contribution in [1.82, 2.24) is 0 Å². The highest BCUT2D eigenvalue weighted by atomic mass is 16.7. The Kier molecular flexibility index (Phi) is 1.89. The molecule has 0 amide bonds. The van der Waals surface area contributed by atoms with E-state index in [-0.39, 0.29) is 0 Å². The van der Waals surface area contributed by atoms with Gasteiger partial charge in [0.25, 0.3) is 6.29 Å². The summed E-state index contributed by atoms with van der Waals surface area (Å²) < 4.78 is 10.3. The van der Waals surface area contributed by atoms with E-state index in [1.54, 1.807) is 18.2 Å². The summed E-state index contributed by atoms with van der Waals surface area (Å²) in [6.07, 6.45) is 2.58. The van der Waals surface area contributed by atoms with Crippen molar-refractivity contribution in [3.05, 3.63) is 47.9 Å². The van der Waals surface area contributed by atoms with Crippen LogP contribution in [0.1, 0.15) is 17.4 Å². The maximum absolute atomic E-state index is 8.66. The Morgan fingerprint density at radius 3 is 2.69 bits per heavy atom. The van der Waals surface area contributed by atoms with Crippen LogP contribution in [0.15, 0.2) is 36.8 Å². The van der Waals surface area contributed by atoms with Crippen LogP contribution < -0.4 is 0 Å². The first kappa shape index (κ1) is 7.69. The van der Waals surface area contributed by atoms with E-state index in [2.05, 4.69) is 6.07 Å². The first-order valence-electron chi connectivity index (χ1n) is 3.86. The van der Waals surface area contributed by atoms with Crippen molar-refractivity contribution in [2.45, 2.75) is 6.29 Å². The molecular weight excluding hydrogens is 166 g/mol. The molecule has 3 heteroatoms. The fourth-order valence-corrected chi connectivity index (χ4v) is 1.15. The van der Waals surface area contributed by atoms with Gasteiger partial charge in [-0.2, -0.15) is 5.26 Å². The van der Waals surface area contributed by atoms with E-state index in [0.29, 0.717) is 5.56 Å². The molecule has 1 heterocycles. The lowest BCUT2D eigenvalue weighted by Gasteiger charge is -2.09. The quantitative estimate of drug-likeness (QED) is 0.652. The Balaban J connectivity index is 2.26. The summed E-state index contributed by atoms with van der Waals surface area (Å²) in [5.41, 5.74) is 1.46. The van der Waals surface area contributed by atoms with Crippen LogP contribution in [0.2, 0.25) is 0 Å². The van der Waals surface area contributed by atoms with E-state index in [1.165, 1.54) is 12.5 Å². The third kappa shape index (κ3) is 1.47. The van der Waals surface area contributed by atoms with E-state index < -0.39 is 6.29 Å². The van der Waals surface area contributed by atoms with Crippen LogP contribution in [-0.2, 0) is 9.47 Å². The number of nitriles is 1. The van der Waals surface area contributed by atoms with Crippen LogP contribution in [0.5, 0.6) is 0 Å². The smallest absolute Gasteiger partial charge is 0.266 e. The average Bonchev–Trinajstić information content (AvgIpc) is 2.71. The first-order chi connectivity index (χ1) is 6.40. The van der Waals surface area contributed by atoms with Gasteiger partial charge in [0.1, 0.15) is 12.5 Å². The maximum atomic E-state index is 8.66. The summed E-state index contributed by atoms with van der Waals surface area (Å²) in [5, 5.41) is 8.66. The van der Waals surface area contributed by atoms with Crippen LogP contribution in [0.3, 0.4) is 0 Å². The van der Waals surface area contributed by atoms with Gasteiger partial charge in [-0.05, 0) is 12.1 Å². The van der Waals surface area contributed by atoms with E-state index in [9.17, 15) is 0 Å². The van der Waals surface area contributed by atoms with E-state index in [4.69, 9.17) is 14.7 Å². The summed E-state index contributed by atoms with van der Waals surface area (Å²) in [6, 6.07) is 9.21. The van der Waals surface area contributed by atoms with Crippen LogP contribution in [0.25, 0.3) is 0 Å². The molecule has 0 aromatic heterocycles. The zero-order chi connectivity index (χ0) is 9.10. The molecular formula is C10H7NO2. The molecule has 1 aromatic rings. The second kappa shape index (κ2) is 3.20. The molecule has 1 aliphatic rings. The van der Waals surface area contributed by atoms with Gasteiger partial charge in [-0.1, -0.05) is 12.1 Å². The largest absolute Gasteiger partial charge is 0.455 e. The summed E-state index contributed by atoms with van der Waals surface area (Å²) in [5.74, 6) is 0. The van der Waals surface area contributed by atoms with E-state index in [1.807, 2.05) is 6.07 Å². The van der Waals surface area contributed by atoms with Crippen LogP contribution in [-0.4, -0.2) is 0 Å². The molecule has 64 valence electrons. The number of ether oxygens (including phenoxy) is 2. The molecule has 3 nitrogen and oxygen atoms in total. The average molecular weight is 173 g/mol. The van der Waals surface area contributed by atoms with Gasteiger partial charge in [0.2, 0.25) is 0 Å². The molecule has 0 unspecified atom stereocenters. The maximum Gasteiger partial charge on any atom is 0.266 e. The topological polar surface area (TPSA) is 42.2 Å². The second-order valence-electron chi connectivity index (χ2n) is 2.61. The predicted octanol–water partition coefficient (Wildman–Crippen LogP) is 2.07. The monoisotopic (exact) mass is 173 g/mol. The summed E-state index contributed by atoms with van der Waals surface area (Å²) >= 11 is 0. The van der Waals surface area contributed by atoms with Crippen LogP contribution in [0.4, 0.5) is 0 Å². The number of benzene rings is 1. The van der Waals surface area contributed by atoms with Crippen molar-refractivity contribution in [2.24, 2.45) is 0 Å². The Morgan fingerprint density at radius 2 is 2.00 bits per heavy atom. The standard InChI is InChI=1S/C10H7NO2/c11-7-8-2-1-3-9(6-8)10-12-4-5-13-10/h1-6,10H. The lowest BCUT2D eigenvalue weighted by molar-refractivity contribution is -0.0246. The molecule has 2 rings (SSSR count). The molecule has 1 aromatic carbocycles. The molecule has 0 fully saturated rings. The lowest BCUT2D eigenvalue weighted by Crippen LogP contribution is -1.97. The number of nitrogens with zero attached hydrogens (tertiary/aromatic N) is 1. The van der Waals surface area contributed by atoms with Gasteiger partial charge in [0, 0.05) is 5.56 Å². The summed E-state index contributed by atoms with van der Waals surface area (Å²) in [4.78, 5) is 0. The molecule has 0 saturated carbocycles. The Morgan fingerprint density at radius 1 is 1.23 bits per heavy atom. The van der Waals surface area contributed by atoms with Crippen LogP contribution >= 0.6 is 0 Å². The SMILES string of the molecule is N#Cc1cccc(C2OC=CO2)c1. The minimum Gasteiger partial charge on any atom is -0.455 e. The molecule has 0 radical (unpaired) electrons. The van der Waals surface area contributed by atoms with Gasteiger partial charge in [-0.3, -0.25) is 0 Å². The minimum absolute atomic E-state index is 0.395. The Bertz CT molecular complexity index is 371. The van der Waals surface area contributed by atoms with E-state index >= 15 is 0 Å². The van der Waals surface area contributed by atoms with Crippen molar-refractivity contribution < 1.29 is 9.47 Å². The van der Waals surface area contributed by atoms with Crippen molar-refractivity contribution in [3.8, 4) is 6.07 Å². The van der Waals surface area contributed by atoms with Crippen molar-refractivity contribution in [3.63, 3.8) is 0 Å². The molecule has 0 spiro atoms. The molecule has 0 atom stereocenters. The second-order valence-corrected chi connectivity index (χ2v) is 2.61. The van der Waals surface area contributed by atoms with Crippen molar-refractivity contribution >= 4 is 0 Å². The highest BCUT2D eigenvalue weighted by molar-refractivity contribution is 5.33. The Hall–Kier alpha value is -1.95. The fraction of sp³-hybridized carbons (Fsp3) is 0.100. The summed E-state index contributed by atoms with van der Waals surface area (Å²) in [7, 11) is 0. The highest BCUT2D eigenvalue weighted by Gasteiger charge is 2.14. The van der Waals surface area contributed by atoms with E-state index in [0.717, 1.165) is 5.56 Å². The van der Waals surface area contributed by atoms with Gasteiger partial charge in [-0.15, -0.1) is 0 Å². The zero-order valence-electron chi connectivity index (χ0n) is 6.81. The Labute approximate surface area is 75.8 Å². The molecule has 0 saturated heterocycles. The van der Waals surface area contributed by atoms with Gasteiger partial charge in [0.15, 0.2) is 0 Å². The third-order valence-corrected chi connectivity index (χ3v) is 1.75. The predicted molar refractivity (Wildman–Crippen MR) is 45.2 cm³/mol. The van der Waals surface area contributed by atoms with Gasteiger partial charge >= 0.3 is 0 Å². The zero-order valence-corrected chi connectivity index (χ0v) is 6.81. The van der Waals surface area contributed by atoms with Gasteiger partial charge < -0.3 is 9.47 Å². The first-order valence-corrected chi connectivity index (χ1v) is 3.86. The van der Waals surface area contributed by atoms with Gasteiger partial charge in [0.05, 0.1) is 11.6 Å². The molecule has 13 heavy (non-hydrogen) atoms. The summed E-state index contributed by atoms with van der Waals surface area (Å²) in [6.45, 7) is 0. The third-order valence-electron chi connectivity index (χ3n) is 1.75. The number of hydrogen-bond donors (Lipinski definition) is 0. The highest BCUT2D eigenvalue weighted by Crippen LogP contribution is 2.24. The molecule has 1 aliphatic heterocycles. The molecule has 0 bridgehead atoms. The molecule has 0 N–H and O–H groups in total.